The van der Waals surface area contributed by atoms with E-state index < -0.39 is 5.60 Å². The molecular weight excluding hydrogens is 284 g/mol. The molecule has 2 aromatic rings. The first kappa shape index (κ1) is 11.0. The Kier molecular flexibility index (Phi) is 2.21. The highest BCUT2D eigenvalue weighted by atomic mass is 79.9. The van der Waals surface area contributed by atoms with Gasteiger partial charge in [0.15, 0.2) is 5.82 Å². The van der Waals surface area contributed by atoms with E-state index in [2.05, 4.69) is 25.9 Å². The topological polar surface area (TPSA) is 76.4 Å². The third-order valence-corrected chi connectivity index (χ3v) is 3.86. The summed E-state index contributed by atoms with van der Waals surface area (Å²) in [5.74, 6) is 1.68. The van der Waals surface area contributed by atoms with Crippen molar-refractivity contribution < 1.29 is 5.11 Å². The van der Waals surface area contributed by atoms with E-state index in [0.29, 0.717) is 10.4 Å². The highest BCUT2D eigenvalue weighted by molar-refractivity contribution is 9.10. The van der Waals surface area contributed by atoms with Crippen molar-refractivity contribution in [2.45, 2.75) is 31.3 Å². The molecule has 0 bridgehead atoms. The molecule has 0 aromatic carbocycles. The smallest absolute Gasteiger partial charge is 0.150 e. The van der Waals surface area contributed by atoms with Crippen molar-refractivity contribution in [2.24, 2.45) is 0 Å². The zero-order chi connectivity index (χ0) is 12.2. The summed E-state index contributed by atoms with van der Waals surface area (Å²) in [5, 5.41) is 9.79. The zero-order valence-electron chi connectivity index (χ0n) is 9.39. The van der Waals surface area contributed by atoms with E-state index >= 15 is 0 Å². The van der Waals surface area contributed by atoms with Crippen LogP contribution in [0.3, 0.4) is 0 Å². The lowest BCUT2D eigenvalue weighted by molar-refractivity contribution is -0.0335. The van der Waals surface area contributed by atoms with Crippen LogP contribution in [0.2, 0.25) is 0 Å². The summed E-state index contributed by atoms with van der Waals surface area (Å²) in [6, 6.07) is 0. The summed E-state index contributed by atoms with van der Waals surface area (Å²) in [7, 11) is 0. The monoisotopic (exact) mass is 296 g/mol. The largest absolute Gasteiger partial charge is 0.390 e. The van der Waals surface area contributed by atoms with E-state index in [9.17, 15) is 5.11 Å². The van der Waals surface area contributed by atoms with Gasteiger partial charge in [-0.25, -0.2) is 9.97 Å². The van der Waals surface area contributed by atoms with Gasteiger partial charge in [0.05, 0.1) is 5.60 Å². The second-order valence-corrected chi connectivity index (χ2v) is 5.65. The molecule has 2 heterocycles. The molecule has 3 rings (SSSR count). The number of aromatic nitrogens is 3. The molecule has 0 unspecified atom stereocenters. The first-order valence-electron chi connectivity index (χ1n) is 5.48. The molecular formula is C11H13BrN4O. The highest BCUT2D eigenvalue weighted by Gasteiger charge is 2.41. The number of hydrogen-bond acceptors (Lipinski definition) is 4. The number of anilines is 1. The van der Waals surface area contributed by atoms with E-state index in [-0.39, 0.29) is 5.92 Å². The molecule has 3 N–H and O–H groups in total. The fourth-order valence-corrected chi connectivity index (χ4v) is 3.09. The van der Waals surface area contributed by atoms with Crippen molar-refractivity contribution in [3.05, 3.63) is 22.8 Å². The first-order chi connectivity index (χ1) is 7.98. The summed E-state index contributed by atoms with van der Waals surface area (Å²) in [6.07, 6.45) is 4.99. The summed E-state index contributed by atoms with van der Waals surface area (Å²) < 4.78 is 2.66. The van der Waals surface area contributed by atoms with E-state index in [1.54, 1.807) is 6.20 Å². The summed E-state index contributed by atoms with van der Waals surface area (Å²) in [5.41, 5.74) is 6.08. The maximum Gasteiger partial charge on any atom is 0.150 e. The summed E-state index contributed by atoms with van der Waals surface area (Å²) >= 11 is 3.40. The molecule has 1 aliphatic carbocycles. The quantitative estimate of drug-likeness (QED) is 0.840. The lowest BCUT2D eigenvalue weighted by Crippen LogP contribution is -2.40. The first-order valence-corrected chi connectivity index (χ1v) is 6.27. The number of rotatable bonds is 1. The van der Waals surface area contributed by atoms with Crippen LogP contribution >= 0.6 is 15.9 Å². The van der Waals surface area contributed by atoms with Crippen LogP contribution in [0.1, 0.15) is 31.5 Å². The van der Waals surface area contributed by atoms with Crippen LogP contribution in [-0.4, -0.2) is 25.1 Å². The second-order valence-electron chi connectivity index (χ2n) is 4.89. The average Bonchev–Trinajstić information content (AvgIpc) is 2.54. The molecule has 6 heteroatoms. The summed E-state index contributed by atoms with van der Waals surface area (Å²) in [4.78, 5) is 8.54. The highest BCUT2D eigenvalue weighted by Crippen LogP contribution is 2.44. The third kappa shape index (κ3) is 1.63. The average molecular weight is 297 g/mol. The Morgan fingerprint density at radius 2 is 2.29 bits per heavy atom. The number of nitrogens with zero attached hydrogens (tertiary/aromatic N) is 3. The van der Waals surface area contributed by atoms with E-state index in [1.165, 1.54) is 0 Å². The fourth-order valence-electron chi connectivity index (χ4n) is 2.52. The number of imidazole rings is 1. The number of halogens is 1. The molecule has 0 spiro atoms. The van der Waals surface area contributed by atoms with Crippen molar-refractivity contribution in [2.75, 3.05) is 5.73 Å². The number of aliphatic hydroxyl groups is 1. The van der Waals surface area contributed by atoms with Gasteiger partial charge in [0.2, 0.25) is 0 Å². The van der Waals surface area contributed by atoms with Crippen molar-refractivity contribution in [3.63, 3.8) is 0 Å². The van der Waals surface area contributed by atoms with Crippen molar-refractivity contribution in [1.82, 2.24) is 14.4 Å². The molecule has 1 aliphatic rings. The molecule has 2 aromatic heterocycles. The molecule has 0 amide bonds. The van der Waals surface area contributed by atoms with Crippen LogP contribution in [-0.2, 0) is 0 Å². The predicted molar refractivity (Wildman–Crippen MR) is 67.7 cm³/mol. The van der Waals surface area contributed by atoms with Crippen LogP contribution in [0.4, 0.5) is 5.82 Å². The maximum atomic E-state index is 9.79. The molecule has 5 nitrogen and oxygen atoms in total. The third-order valence-electron chi connectivity index (χ3n) is 3.31. The van der Waals surface area contributed by atoms with Gasteiger partial charge in [-0.05, 0) is 35.7 Å². The lowest BCUT2D eigenvalue weighted by Gasteiger charge is -2.40. The van der Waals surface area contributed by atoms with Gasteiger partial charge < -0.3 is 10.8 Å². The van der Waals surface area contributed by atoms with Crippen molar-refractivity contribution in [1.29, 1.82) is 0 Å². The number of fused-ring (bicyclic) bond motifs is 1. The minimum atomic E-state index is -0.554. The Labute approximate surface area is 107 Å². The van der Waals surface area contributed by atoms with Gasteiger partial charge in [0.25, 0.3) is 0 Å². The number of nitrogens with two attached hydrogens (primary N) is 1. The number of nitrogen functional groups attached to an aromatic ring is 1. The van der Waals surface area contributed by atoms with Gasteiger partial charge in [0, 0.05) is 18.3 Å². The minimum Gasteiger partial charge on any atom is -0.390 e. The van der Waals surface area contributed by atoms with Gasteiger partial charge in [-0.2, -0.15) is 0 Å². The van der Waals surface area contributed by atoms with Gasteiger partial charge >= 0.3 is 0 Å². The second kappa shape index (κ2) is 3.43. The van der Waals surface area contributed by atoms with Crippen molar-refractivity contribution in [3.8, 4) is 0 Å². The Hall–Kier alpha value is -1.14. The van der Waals surface area contributed by atoms with Gasteiger partial charge in [-0.1, -0.05) is 0 Å². The van der Waals surface area contributed by atoms with Gasteiger partial charge in [-0.15, -0.1) is 0 Å². The Bertz CT molecular complexity index is 584. The molecule has 90 valence electrons. The normalized spacial score (nSPS) is 28.3. The van der Waals surface area contributed by atoms with Crippen molar-refractivity contribution >= 4 is 27.3 Å². The van der Waals surface area contributed by atoms with Crippen LogP contribution in [0.5, 0.6) is 0 Å². The Balaban J connectivity index is 2.10. The molecule has 0 saturated heterocycles. The zero-order valence-corrected chi connectivity index (χ0v) is 11.0. The molecule has 0 radical (unpaired) electrons. The van der Waals surface area contributed by atoms with Crippen LogP contribution in [0.25, 0.3) is 5.52 Å². The maximum absolute atomic E-state index is 9.79. The van der Waals surface area contributed by atoms with Crippen LogP contribution < -0.4 is 5.73 Å². The van der Waals surface area contributed by atoms with Crippen LogP contribution in [0, 0.1) is 0 Å². The summed E-state index contributed by atoms with van der Waals surface area (Å²) in [6.45, 7) is 1.85. The molecule has 1 saturated carbocycles. The van der Waals surface area contributed by atoms with E-state index in [1.807, 2.05) is 17.5 Å². The fraction of sp³-hybridized carbons (Fsp3) is 0.455. The van der Waals surface area contributed by atoms with Crippen LogP contribution in [0.15, 0.2) is 17.0 Å². The Morgan fingerprint density at radius 3 is 2.94 bits per heavy atom. The minimum absolute atomic E-state index is 0.283. The van der Waals surface area contributed by atoms with Gasteiger partial charge in [-0.3, -0.25) is 4.40 Å². The standard InChI is InChI=1S/C11H13BrN4O/c1-11(17)4-6(5-11)10-15-8(12)7-9(13)14-2-3-16(7)10/h2-3,6,17H,4-5H2,1H3,(H2,13,14). The van der Waals surface area contributed by atoms with E-state index in [0.717, 1.165) is 24.2 Å². The Morgan fingerprint density at radius 1 is 1.59 bits per heavy atom. The predicted octanol–water partition coefficient (Wildman–Crippen LogP) is 1.70. The molecule has 17 heavy (non-hydrogen) atoms. The molecule has 1 fully saturated rings. The van der Waals surface area contributed by atoms with Gasteiger partial charge in [0.1, 0.15) is 15.9 Å². The number of hydrogen-bond donors (Lipinski definition) is 2. The lowest BCUT2D eigenvalue weighted by atomic mass is 9.72. The molecule has 0 atom stereocenters. The van der Waals surface area contributed by atoms with E-state index in [4.69, 9.17) is 5.73 Å². The molecule has 0 aliphatic heterocycles. The SMILES string of the molecule is CC1(O)CC(c2nc(Br)c3c(N)nccn23)C1.